The fourth-order valence-corrected chi connectivity index (χ4v) is 1.24. The summed E-state index contributed by atoms with van der Waals surface area (Å²) in [7, 11) is 0. The first-order valence-corrected chi connectivity index (χ1v) is 4.45. The highest BCUT2D eigenvalue weighted by Crippen LogP contribution is 2.20. The molecule has 0 bridgehead atoms. The molecular formula is C9H8Cl2O2. The average molecular weight is 219 g/mol. The smallest absolute Gasteiger partial charge is 0.145 e. The lowest BCUT2D eigenvalue weighted by atomic mass is 10.2. The largest absolute Gasteiger partial charge is 0.369 e. The van der Waals surface area contributed by atoms with Crippen LogP contribution in [0.1, 0.15) is 5.56 Å². The van der Waals surface area contributed by atoms with Crippen molar-refractivity contribution in [3.8, 4) is 0 Å². The molecule has 0 unspecified atom stereocenters. The first kappa shape index (κ1) is 10.5. The highest BCUT2D eigenvalue weighted by Gasteiger charge is 2.00. The molecule has 70 valence electrons. The van der Waals surface area contributed by atoms with Crippen LogP contribution in [0.4, 0.5) is 0 Å². The molecule has 0 aliphatic heterocycles. The van der Waals surface area contributed by atoms with E-state index in [0.29, 0.717) is 22.9 Å². The lowest BCUT2D eigenvalue weighted by molar-refractivity contribution is -0.112. The quantitative estimate of drug-likeness (QED) is 0.574. The van der Waals surface area contributed by atoms with Crippen LogP contribution < -0.4 is 0 Å². The predicted octanol–water partition coefficient (Wildman–Crippen LogP) is 2.71. The Balaban J connectivity index is 2.64. The van der Waals surface area contributed by atoms with Gasteiger partial charge in [0, 0.05) is 10.0 Å². The average Bonchev–Trinajstić information content (AvgIpc) is 2.11. The summed E-state index contributed by atoms with van der Waals surface area (Å²) in [6, 6.07) is 5.12. The van der Waals surface area contributed by atoms with Crippen molar-refractivity contribution in [2.75, 3.05) is 6.61 Å². The van der Waals surface area contributed by atoms with Crippen molar-refractivity contribution in [2.45, 2.75) is 6.61 Å². The number of rotatable bonds is 4. The molecule has 0 saturated carbocycles. The molecular weight excluding hydrogens is 211 g/mol. The summed E-state index contributed by atoms with van der Waals surface area (Å²) in [6.45, 7) is 0.376. The second-order valence-electron chi connectivity index (χ2n) is 2.42. The number of hydrogen-bond acceptors (Lipinski definition) is 2. The van der Waals surface area contributed by atoms with Gasteiger partial charge in [0.25, 0.3) is 0 Å². The minimum absolute atomic E-state index is 0.0723. The van der Waals surface area contributed by atoms with Crippen molar-refractivity contribution in [3.63, 3.8) is 0 Å². The van der Waals surface area contributed by atoms with Gasteiger partial charge in [-0.1, -0.05) is 23.2 Å². The third kappa shape index (κ3) is 3.35. The van der Waals surface area contributed by atoms with Crippen molar-refractivity contribution in [1.29, 1.82) is 0 Å². The summed E-state index contributed by atoms with van der Waals surface area (Å²) in [4.78, 5) is 9.96. The van der Waals surface area contributed by atoms with E-state index in [0.717, 1.165) is 5.56 Å². The highest BCUT2D eigenvalue weighted by atomic mass is 35.5. The van der Waals surface area contributed by atoms with Gasteiger partial charge in [-0.15, -0.1) is 0 Å². The van der Waals surface area contributed by atoms with Gasteiger partial charge >= 0.3 is 0 Å². The van der Waals surface area contributed by atoms with Crippen LogP contribution in [0.2, 0.25) is 10.0 Å². The minimum Gasteiger partial charge on any atom is -0.369 e. The topological polar surface area (TPSA) is 26.3 Å². The van der Waals surface area contributed by atoms with E-state index in [9.17, 15) is 4.79 Å². The third-order valence-electron chi connectivity index (χ3n) is 1.45. The van der Waals surface area contributed by atoms with E-state index in [2.05, 4.69) is 0 Å². The van der Waals surface area contributed by atoms with Gasteiger partial charge < -0.3 is 9.53 Å². The molecule has 0 aliphatic carbocycles. The SMILES string of the molecule is O=CCOCc1cc(Cl)ccc1Cl. The van der Waals surface area contributed by atoms with E-state index in [-0.39, 0.29) is 6.61 Å². The second-order valence-corrected chi connectivity index (χ2v) is 3.26. The monoisotopic (exact) mass is 218 g/mol. The number of ether oxygens (including phenoxy) is 1. The Morgan fingerprint density at radius 1 is 1.38 bits per heavy atom. The minimum atomic E-state index is 0.0723. The molecule has 0 spiro atoms. The molecule has 0 saturated heterocycles. The second kappa shape index (κ2) is 5.22. The zero-order valence-corrected chi connectivity index (χ0v) is 8.31. The first-order valence-electron chi connectivity index (χ1n) is 3.69. The van der Waals surface area contributed by atoms with E-state index in [1.54, 1.807) is 18.2 Å². The Hall–Kier alpha value is -0.570. The molecule has 0 aliphatic rings. The summed E-state index contributed by atoms with van der Waals surface area (Å²) in [6.07, 6.45) is 0.693. The fraction of sp³-hybridized carbons (Fsp3) is 0.222. The Bertz CT molecular complexity index is 300. The van der Waals surface area contributed by atoms with Crippen LogP contribution in [-0.2, 0) is 16.1 Å². The summed E-state index contributed by atoms with van der Waals surface area (Å²) in [5.41, 5.74) is 0.788. The van der Waals surface area contributed by atoms with Gasteiger partial charge in [0.1, 0.15) is 12.9 Å². The van der Waals surface area contributed by atoms with Crippen LogP contribution in [0, 0.1) is 0 Å². The van der Waals surface area contributed by atoms with Gasteiger partial charge in [0.2, 0.25) is 0 Å². The van der Waals surface area contributed by atoms with E-state index in [4.69, 9.17) is 27.9 Å². The van der Waals surface area contributed by atoms with Gasteiger partial charge in [0.05, 0.1) is 6.61 Å². The molecule has 0 heterocycles. The molecule has 1 aromatic rings. The van der Waals surface area contributed by atoms with Crippen LogP contribution in [-0.4, -0.2) is 12.9 Å². The van der Waals surface area contributed by atoms with E-state index in [1.807, 2.05) is 0 Å². The van der Waals surface area contributed by atoms with Crippen LogP contribution in [0.15, 0.2) is 18.2 Å². The van der Waals surface area contributed by atoms with Crippen molar-refractivity contribution >= 4 is 29.5 Å². The van der Waals surface area contributed by atoms with Crippen LogP contribution in [0.25, 0.3) is 0 Å². The first-order chi connectivity index (χ1) is 6.24. The van der Waals surface area contributed by atoms with Crippen molar-refractivity contribution < 1.29 is 9.53 Å². The molecule has 4 heteroatoms. The molecule has 2 nitrogen and oxygen atoms in total. The van der Waals surface area contributed by atoms with Gasteiger partial charge in [-0.05, 0) is 23.8 Å². The fourth-order valence-electron chi connectivity index (χ4n) is 0.871. The van der Waals surface area contributed by atoms with E-state index in [1.165, 1.54) is 0 Å². The van der Waals surface area contributed by atoms with Crippen LogP contribution in [0.3, 0.4) is 0 Å². The number of aldehydes is 1. The molecule has 13 heavy (non-hydrogen) atoms. The lowest BCUT2D eigenvalue weighted by Crippen LogP contribution is -1.96. The molecule has 0 amide bonds. The number of halogens is 2. The Kier molecular flexibility index (Phi) is 4.22. The van der Waals surface area contributed by atoms with Gasteiger partial charge in [-0.25, -0.2) is 0 Å². The van der Waals surface area contributed by atoms with Crippen molar-refractivity contribution in [1.82, 2.24) is 0 Å². The van der Waals surface area contributed by atoms with Crippen molar-refractivity contribution in [2.24, 2.45) is 0 Å². The Labute approximate surface area is 86.4 Å². The zero-order chi connectivity index (χ0) is 9.68. The molecule has 0 atom stereocenters. The van der Waals surface area contributed by atoms with Gasteiger partial charge in [0.15, 0.2) is 0 Å². The van der Waals surface area contributed by atoms with E-state index >= 15 is 0 Å². The number of benzene rings is 1. The maximum Gasteiger partial charge on any atom is 0.145 e. The summed E-state index contributed by atoms with van der Waals surface area (Å²) in [5.74, 6) is 0. The Morgan fingerprint density at radius 2 is 2.15 bits per heavy atom. The molecule has 0 aromatic heterocycles. The third-order valence-corrected chi connectivity index (χ3v) is 2.06. The molecule has 0 fully saturated rings. The lowest BCUT2D eigenvalue weighted by Gasteiger charge is -2.03. The molecule has 1 aromatic carbocycles. The Morgan fingerprint density at radius 3 is 2.85 bits per heavy atom. The maximum atomic E-state index is 9.96. The molecule has 1 rings (SSSR count). The van der Waals surface area contributed by atoms with Crippen LogP contribution >= 0.6 is 23.2 Å². The van der Waals surface area contributed by atoms with Gasteiger partial charge in [-0.2, -0.15) is 0 Å². The number of hydrogen-bond donors (Lipinski definition) is 0. The normalized spacial score (nSPS) is 10.0. The maximum absolute atomic E-state index is 9.96. The molecule has 0 N–H and O–H groups in total. The molecule has 0 radical (unpaired) electrons. The standard InChI is InChI=1S/C9H8Cl2O2/c10-8-1-2-9(11)7(5-8)6-13-4-3-12/h1-3,5H,4,6H2. The van der Waals surface area contributed by atoms with E-state index < -0.39 is 0 Å². The number of carbonyl (C=O) groups excluding carboxylic acids is 1. The van der Waals surface area contributed by atoms with Crippen LogP contribution in [0.5, 0.6) is 0 Å². The highest BCUT2D eigenvalue weighted by molar-refractivity contribution is 6.33. The van der Waals surface area contributed by atoms with Crippen molar-refractivity contribution in [3.05, 3.63) is 33.8 Å². The summed E-state index contributed by atoms with van der Waals surface area (Å²) < 4.78 is 4.99. The predicted molar refractivity (Wildman–Crippen MR) is 52.2 cm³/mol. The zero-order valence-electron chi connectivity index (χ0n) is 6.80. The summed E-state index contributed by atoms with van der Waals surface area (Å²) in [5, 5.41) is 1.20. The van der Waals surface area contributed by atoms with Gasteiger partial charge in [-0.3, -0.25) is 0 Å². The summed E-state index contributed by atoms with van der Waals surface area (Å²) >= 11 is 11.6. The number of carbonyl (C=O) groups is 1.